The number of fused-ring (bicyclic) bond motifs is 1. The van der Waals surface area contributed by atoms with E-state index >= 15 is 0 Å². The first kappa shape index (κ1) is 19.7. The van der Waals surface area contributed by atoms with E-state index in [0.29, 0.717) is 19.5 Å². The Hall–Kier alpha value is -1.63. The minimum atomic E-state index is -0.437. The second-order valence-corrected chi connectivity index (χ2v) is 7.09. The van der Waals surface area contributed by atoms with Gasteiger partial charge in [-0.15, -0.1) is 0 Å². The van der Waals surface area contributed by atoms with Crippen LogP contribution in [0.2, 0.25) is 0 Å². The van der Waals surface area contributed by atoms with Crippen LogP contribution in [0.1, 0.15) is 58.8 Å². The smallest absolute Gasteiger partial charge is 0.245 e. The average Bonchev–Trinajstić information content (AvgIpc) is 2.59. The molecule has 7 heteroatoms. The Bertz CT molecular complexity index is 485. The number of unbranched alkanes of at least 4 members (excludes halogenated alkanes) is 4. The summed E-state index contributed by atoms with van der Waals surface area (Å²) < 4.78 is 0. The molecule has 7 nitrogen and oxygen atoms in total. The van der Waals surface area contributed by atoms with Crippen molar-refractivity contribution in [2.45, 2.75) is 71.0 Å². The second-order valence-electron chi connectivity index (χ2n) is 7.09. The van der Waals surface area contributed by atoms with E-state index in [1.54, 1.807) is 22.0 Å². The fraction of sp³-hybridized carbons (Fsp3) is 0.833. The zero-order valence-electron chi connectivity index (χ0n) is 15.8. The number of carbonyl (C=O) groups excluding carboxylic acids is 3. The number of nitrogens with zero attached hydrogens (tertiary/aromatic N) is 4. The van der Waals surface area contributed by atoms with Crippen molar-refractivity contribution in [3.63, 3.8) is 0 Å². The van der Waals surface area contributed by atoms with Crippen LogP contribution in [0.4, 0.5) is 0 Å². The van der Waals surface area contributed by atoms with Gasteiger partial charge in [0.15, 0.2) is 0 Å². The SMILES string of the molecule is CCCCCCN1CC2N(C(=O)CN(C)N2C=O)[C@@H](CCCC)C1=O. The molecule has 1 unspecified atom stereocenters. The molecule has 0 spiro atoms. The van der Waals surface area contributed by atoms with Crippen LogP contribution in [-0.4, -0.2) is 76.9 Å². The molecule has 2 aliphatic rings. The van der Waals surface area contributed by atoms with Crippen molar-refractivity contribution in [1.29, 1.82) is 0 Å². The molecule has 2 aliphatic heterocycles. The summed E-state index contributed by atoms with van der Waals surface area (Å²) in [6, 6.07) is -0.437. The van der Waals surface area contributed by atoms with Crippen LogP contribution in [0.15, 0.2) is 0 Å². The molecule has 0 bridgehead atoms. The predicted molar refractivity (Wildman–Crippen MR) is 95.2 cm³/mol. The highest BCUT2D eigenvalue weighted by Gasteiger charge is 2.48. The highest BCUT2D eigenvalue weighted by Crippen LogP contribution is 2.27. The maximum Gasteiger partial charge on any atom is 0.245 e. The highest BCUT2D eigenvalue weighted by atomic mass is 16.2. The van der Waals surface area contributed by atoms with Crippen LogP contribution >= 0.6 is 0 Å². The maximum absolute atomic E-state index is 13.0. The zero-order valence-corrected chi connectivity index (χ0v) is 15.8. The summed E-state index contributed by atoms with van der Waals surface area (Å²) in [4.78, 5) is 40.7. The molecule has 0 N–H and O–H groups in total. The molecule has 142 valence electrons. The number of piperazine rings is 1. The monoisotopic (exact) mass is 352 g/mol. The normalized spacial score (nSPS) is 24.7. The summed E-state index contributed by atoms with van der Waals surface area (Å²) in [7, 11) is 1.74. The average molecular weight is 352 g/mol. The third-order valence-electron chi connectivity index (χ3n) is 5.21. The van der Waals surface area contributed by atoms with E-state index in [9.17, 15) is 14.4 Å². The van der Waals surface area contributed by atoms with E-state index in [1.165, 1.54) is 6.42 Å². The minimum absolute atomic E-state index is 0.0463. The lowest BCUT2D eigenvalue weighted by Crippen LogP contribution is -2.74. The van der Waals surface area contributed by atoms with E-state index in [4.69, 9.17) is 0 Å². The molecule has 25 heavy (non-hydrogen) atoms. The summed E-state index contributed by atoms with van der Waals surface area (Å²) in [5, 5.41) is 3.21. The van der Waals surface area contributed by atoms with E-state index in [0.717, 1.165) is 38.5 Å². The Morgan fingerprint density at radius 1 is 1.08 bits per heavy atom. The van der Waals surface area contributed by atoms with Crippen molar-refractivity contribution in [3.05, 3.63) is 0 Å². The fourth-order valence-electron chi connectivity index (χ4n) is 3.79. The molecular weight excluding hydrogens is 320 g/mol. The molecule has 2 rings (SSSR count). The fourth-order valence-corrected chi connectivity index (χ4v) is 3.79. The lowest BCUT2D eigenvalue weighted by Gasteiger charge is -2.53. The van der Waals surface area contributed by atoms with Gasteiger partial charge in [0.2, 0.25) is 18.2 Å². The van der Waals surface area contributed by atoms with Crippen LogP contribution in [0.3, 0.4) is 0 Å². The van der Waals surface area contributed by atoms with Gasteiger partial charge in [-0.05, 0) is 12.8 Å². The minimum Gasteiger partial charge on any atom is -0.337 e. The Labute approximate surface area is 150 Å². The standard InChI is InChI=1S/C18H32N4O3/c1-4-6-8-9-11-20-12-16-21(14-23)19(3)13-17(24)22(16)15(18(20)25)10-7-5-2/h14-16H,4-13H2,1-3H3/t15-,16?/m0/s1. The molecule has 0 aromatic carbocycles. The quantitative estimate of drug-likeness (QED) is 0.465. The highest BCUT2D eigenvalue weighted by molar-refractivity contribution is 5.90. The summed E-state index contributed by atoms with van der Waals surface area (Å²) in [5.74, 6) is -0.0179. The van der Waals surface area contributed by atoms with Gasteiger partial charge in [0.05, 0.1) is 13.1 Å². The van der Waals surface area contributed by atoms with Crippen molar-refractivity contribution >= 4 is 18.2 Å². The van der Waals surface area contributed by atoms with E-state index in [1.807, 2.05) is 4.90 Å². The van der Waals surface area contributed by atoms with Crippen molar-refractivity contribution in [1.82, 2.24) is 19.8 Å². The summed E-state index contributed by atoms with van der Waals surface area (Å²) in [6.45, 7) is 5.49. The molecule has 0 aliphatic carbocycles. The van der Waals surface area contributed by atoms with Crippen LogP contribution in [0.25, 0.3) is 0 Å². The van der Waals surface area contributed by atoms with Gasteiger partial charge in [0.25, 0.3) is 0 Å². The number of rotatable bonds is 9. The van der Waals surface area contributed by atoms with Gasteiger partial charge in [-0.3, -0.25) is 19.4 Å². The van der Waals surface area contributed by atoms with Gasteiger partial charge >= 0.3 is 0 Å². The number of hydrazine groups is 1. The first-order valence-electron chi connectivity index (χ1n) is 9.59. The van der Waals surface area contributed by atoms with E-state index in [2.05, 4.69) is 13.8 Å². The molecule has 0 aromatic rings. The summed E-state index contributed by atoms with van der Waals surface area (Å²) in [6.07, 6.45) is 7.32. The Kier molecular flexibility index (Phi) is 7.23. The van der Waals surface area contributed by atoms with Gasteiger partial charge in [-0.1, -0.05) is 46.0 Å². The number of amides is 3. The topological polar surface area (TPSA) is 64.2 Å². The summed E-state index contributed by atoms with van der Waals surface area (Å²) >= 11 is 0. The molecule has 0 radical (unpaired) electrons. The first-order valence-corrected chi connectivity index (χ1v) is 9.59. The second kappa shape index (κ2) is 9.17. The largest absolute Gasteiger partial charge is 0.337 e. The number of carbonyl (C=O) groups is 3. The molecule has 2 atom stereocenters. The molecule has 2 saturated heterocycles. The van der Waals surface area contributed by atoms with Crippen molar-refractivity contribution < 1.29 is 14.4 Å². The Balaban J connectivity index is 2.18. The predicted octanol–water partition coefficient (Wildman–Crippen LogP) is 1.44. The molecular formula is C18H32N4O3. The lowest BCUT2D eigenvalue weighted by molar-refractivity contribution is -0.196. The van der Waals surface area contributed by atoms with Crippen LogP contribution < -0.4 is 0 Å². The van der Waals surface area contributed by atoms with Gasteiger partial charge in [0.1, 0.15) is 12.2 Å². The molecule has 2 fully saturated rings. The summed E-state index contributed by atoms with van der Waals surface area (Å²) in [5.41, 5.74) is 0. The number of likely N-dealkylation sites (N-methyl/N-ethyl adjacent to an activating group) is 1. The zero-order chi connectivity index (χ0) is 18.4. The van der Waals surface area contributed by atoms with Crippen molar-refractivity contribution in [2.24, 2.45) is 0 Å². The van der Waals surface area contributed by atoms with Crippen LogP contribution in [-0.2, 0) is 14.4 Å². The number of hydrogen-bond donors (Lipinski definition) is 0. The molecule has 0 aromatic heterocycles. The number of hydrogen-bond acceptors (Lipinski definition) is 4. The maximum atomic E-state index is 13.0. The van der Waals surface area contributed by atoms with Gasteiger partial charge in [-0.2, -0.15) is 0 Å². The Morgan fingerprint density at radius 2 is 1.80 bits per heavy atom. The van der Waals surface area contributed by atoms with Crippen molar-refractivity contribution in [2.75, 3.05) is 26.7 Å². The Morgan fingerprint density at radius 3 is 2.44 bits per heavy atom. The third kappa shape index (κ3) is 4.32. The molecule has 2 heterocycles. The molecule has 3 amide bonds. The first-order chi connectivity index (χ1) is 12.0. The van der Waals surface area contributed by atoms with Crippen LogP contribution in [0.5, 0.6) is 0 Å². The molecule has 0 saturated carbocycles. The van der Waals surface area contributed by atoms with E-state index < -0.39 is 6.04 Å². The van der Waals surface area contributed by atoms with Crippen molar-refractivity contribution in [3.8, 4) is 0 Å². The van der Waals surface area contributed by atoms with Gasteiger partial charge < -0.3 is 9.80 Å². The van der Waals surface area contributed by atoms with Crippen LogP contribution in [0, 0.1) is 0 Å². The van der Waals surface area contributed by atoms with Gasteiger partial charge in [-0.25, -0.2) is 5.01 Å². The third-order valence-corrected chi connectivity index (χ3v) is 5.21. The van der Waals surface area contributed by atoms with E-state index in [-0.39, 0.29) is 24.5 Å². The lowest BCUT2D eigenvalue weighted by atomic mass is 10.0. The van der Waals surface area contributed by atoms with Gasteiger partial charge in [0, 0.05) is 13.6 Å².